The van der Waals surface area contributed by atoms with Gasteiger partial charge in [-0.05, 0) is 6.42 Å². The summed E-state index contributed by atoms with van der Waals surface area (Å²) in [5.41, 5.74) is 0. The predicted octanol–water partition coefficient (Wildman–Crippen LogP) is 4.30. The first-order chi connectivity index (χ1) is 6.83. The summed E-state index contributed by atoms with van der Waals surface area (Å²) in [4.78, 5) is 0. The summed E-state index contributed by atoms with van der Waals surface area (Å²) in [6.45, 7) is 0.738. The lowest BCUT2D eigenvalue weighted by atomic mass is 10.4. The van der Waals surface area contributed by atoms with Gasteiger partial charge in [0.1, 0.15) is 0 Å². The molecule has 2 rings (SSSR count). The van der Waals surface area contributed by atoms with Gasteiger partial charge >= 0.3 is 15.7 Å². The quantitative estimate of drug-likeness (QED) is 0.514. The zero-order valence-corrected chi connectivity index (χ0v) is 10.00. The highest BCUT2D eigenvalue weighted by Crippen LogP contribution is 2.79. The van der Waals surface area contributed by atoms with Crippen molar-refractivity contribution in [2.45, 2.75) is 6.42 Å². The maximum Gasteiger partial charge on any atom is 0.423 e. The van der Waals surface area contributed by atoms with Gasteiger partial charge in [0.25, 0.3) is 0 Å². The second kappa shape index (κ2) is 3.67. The van der Waals surface area contributed by atoms with Crippen molar-refractivity contribution in [2.75, 3.05) is 13.1 Å². The van der Waals surface area contributed by atoms with Crippen molar-refractivity contribution in [3.63, 3.8) is 0 Å². The van der Waals surface area contributed by atoms with Crippen molar-refractivity contribution >= 4 is 23.2 Å². The molecule has 0 bridgehead atoms. The van der Waals surface area contributed by atoms with Crippen LogP contribution in [0.3, 0.4) is 0 Å². The van der Waals surface area contributed by atoms with Crippen LogP contribution in [0.4, 0.5) is 16.8 Å². The lowest BCUT2D eigenvalue weighted by Crippen LogP contribution is -2.30. The molecule has 1 spiro atoms. The Hall–Kier alpha value is 0.330. The highest BCUT2D eigenvalue weighted by molar-refractivity contribution is 7.79. The summed E-state index contributed by atoms with van der Waals surface area (Å²) in [5.74, 6) is 0. The van der Waals surface area contributed by atoms with Crippen molar-refractivity contribution in [2.24, 2.45) is 13.5 Å². The van der Waals surface area contributed by atoms with Gasteiger partial charge in [-0.1, -0.05) is 0 Å². The lowest BCUT2D eigenvalue weighted by Gasteiger charge is -2.29. The molecule has 1 saturated heterocycles. The molecular weight excluding hydrogens is 275 g/mol. The van der Waals surface area contributed by atoms with Gasteiger partial charge in [-0.2, -0.15) is 9.03 Å². The first kappa shape index (κ1) is 11.8. The Bertz CT molecular complexity index is 415. The molecule has 0 radical (unpaired) electrons. The molecule has 12 heteroatoms. The minimum Gasteiger partial charge on any atom is -0.253 e. The fourth-order valence-corrected chi connectivity index (χ4v) is 8.22. The van der Waals surface area contributed by atoms with Crippen LogP contribution in [-0.2, 0) is 0 Å². The normalized spacial score (nSPS) is 31.2. The van der Waals surface area contributed by atoms with Crippen LogP contribution in [0.25, 0.3) is 0 Å². The first-order valence-corrected chi connectivity index (χ1v) is 8.68. The van der Waals surface area contributed by atoms with Crippen LogP contribution in [0.5, 0.6) is 0 Å². The minimum absolute atomic E-state index is 0.369. The highest BCUT2D eigenvalue weighted by atomic mass is 31.3. The smallest absolute Gasteiger partial charge is 0.253 e. The largest absolute Gasteiger partial charge is 0.423 e. The molecule has 0 aromatic rings. The van der Waals surface area contributed by atoms with E-state index in [0.29, 0.717) is 19.5 Å². The lowest BCUT2D eigenvalue weighted by molar-refractivity contribution is 0.684. The number of hydrogen-bond acceptors (Lipinski definition) is 5. The number of hydrogen-bond donors (Lipinski definition) is 2. The molecular formula is C3H8F4N5P3. The fourth-order valence-electron chi connectivity index (χ4n) is 1.24. The molecule has 15 heavy (non-hydrogen) atoms. The van der Waals surface area contributed by atoms with E-state index in [4.69, 9.17) is 0 Å². The van der Waals surface area contributed by atoms with Crippen LogP contribution in [0.15, 0.2) is 13.5 Å². The Kier molecular flexibility index (Phi) is 2.89. The van der Waals surface area contributed by atoms with Gasteiger partial charge in [0.05, 0.1) is 0 Å². The van der Waals surface area contributed by atoms with Crippen LogP contribution in [0.1, 0.15) is 6.42 Å². The molecule has 5 nitrogen and oxygen atoms in total. The maximum atomic E-state index is 12.9. The summed E-state index contributed by atoms with van der Waals surface area (Å²) < 4.78 is 60.1. The van der Waals surface area contributed by atoms with E-state index in [2.05, 4.69) is 23.7 Å². The van der Waals surface area contributed by atoms with Gasteiger partial charge in [-0.3, -0.25) is 10.2 Å². The SMILES string of the molecule is FP1(F)=NP(F)(F)=NP2(=N1)NCCCN2. The van der Waals surface area contributed by atoms with Crippen molar-refractivity contribution in [1.29, 1.82) is 0 Å². The van der Waals surface area contributed by atoms with E-state index in [9.17, 15) is 16.8 Å². The molecule has 2 N–H and O–H groups in total. The van der Waals surface area contributed by atoms with Crippen LogP contribution in [0, 0.1) is 0 Å². The van der Waals surface area contributed by atoms with Gasteiger partial charge in [0, 0.05) is 13.1 Å². The third-order valence-corrected chi connectivity index (χ3v) is 8.55. The van der Waals surface area contributed by atoms with Crippen LogP contribution in [0.2, 0.25) is 0 Å². The predicted molar refractivity (Wildman–Crippen MR) is 53.1 cm³/mol. The molecule has 0 aromatic carbocycles. The van der Waals surface area contributed by atoms with Crippen LogP contribution in [-0.4, -0.2) is 13.1 Å². The van der Waals surface area contributed by atoms with Gasteiger partial charge < -0.3 is 0 Å². The third kappa shape index (κ3) is 2.71. The number of nitrogens with zero attached hydrogens (tertiary/aromatic N) is 3. The van der Waals surface area contributed by atoms with Crippen molar-refractivity contribution in [3.8, 4) is 0 Å². The summed E-state index contributed by atoms with van der Waals surface area (Å²) >= 11 is 0. The molecule has 2 heterocycles. The van der Waals surface area contributed by atoms with Crippen molar-refractivity contribution in [3.05, 3.63) is 0 Å². The molecule has 0 amide bonds. The summed E-state index contributed by atoms with van der Waals surface area (Å²) in [7, 11) is -13.7. The molecule has 0 aliphatic carbocycles. The van der Waals surface area contributed by atoms with Gasteiger partial charge in [0.15, 0.2) is 0 Å². The number of halogens is 4. The van der Waals surface area contributed by atoms with E-state index in [1.54, 1.807) is 0 Å². The van der Waals surface area contributed by atoms with Crippen LogP contribution < -0.4 is 10.2 Å². The van der Waals surface area contributed by atoms with Gasteiger partial charge in [0.2, 0.25) is 7.51 Å². The standard InChI is InChI=1S/C3H8F4N5P3/c4-13(5)10-14(6,7)12-15(11-13)8-2-1-3-9-15/h8-9H,1-3H2. The van der Waals surface area contributed by atoms with E-state index in [1.807, 2.05) is 0 Å². The van der Waals surface area contributed by atoms with E-state index in [1.165, 1.54) is 0 Å². The summed E-state index contributed by atoms with van der Waals surface area (Å²) in [5, 5.41) is 5.10. The second-order valence-electron chi connectivity index (χ2n) is 2.95. The van der Waals surface area contributed by atoms with E-state index >= 15 is 0 Å². The Morgan fingerprint density at radius 2 is 1.33 bits per heavy atom. The number of rotatable bonds is 0. The van der Waals surface area contributed by atoms with Gasteiger partial charge in [-0.25, -0.2) is 0 Å². The van der Waals surface area contributed by atoms with Crippen molar-refractivity contribution < 1.29 is 16.8 Å². The zero-order chi connectivity index (χ0) is 11.2. The monoisotopic (exact) mass is 283 g/mol. The summed E-state index contributed by atoms with van der Waals surface area (Å²) in [6.07, 6.45) is 0.679. The van der Waals surface area contributed by atoms with E-state index in [-0.39, 0.29) is 0 Å². The molecule has 0 unspecified atom stereocenters. The molecule has 0 atom stereocenters. The zero-order valence-electron chi connectivity index (χ0n) is 7.32. The Labute approximate surface area is 84.0 Å². The molecule has 0 aromatic heterocycles. The summed E-state index contributed by atoms with van der Waals surface area (Å²) in [6, 6.07) is 0. The molecule has 0 saturated carbocycles. The van der Waals surface area contributed by atoms with Crippen molar-refractivity contribution in [1.82, 2.24) is 10.2 Å². The van der Waals surface area contributed by atoms with E-state index < -0.39 is 23.2 Å². The average molecular weight is 283 g/mol. The average Bonchev–Trinajstić information content (AvgIpc) is 1.97. The minimum atomic E-state index is -5.21. The third-order valence-electron chi connectivity index (χ3n) is 1.71. The van der Waals surface area contributed by atoms with Gasteiger partial charge in [-0.15, -0.1) is 21.3 Å². The molecule has 1 fully saturated rings. The molecule has 88 valence electrons. The Morgan fingerprint density at radius 3 is 1.87 bits per heavy atom. The van der Waals surface area contributed by atoms with E-state index in [0.717, 1.165) is 0 Å². The van der Waals surface area contributed by atoms with Crippen LogP contribution >= 0.6 is 23.2 Å². The highest BCUT2D eigenvalue weighted by Gasteiger charge is 2.39. The fraction of sp³-hybridized carbons (Fsp3) is 1.00. The Morgan fingerprint density at radius 1 is 0.800 bits per heavy atom. The molecule has 2 aliphatic heterocycles. The second-order valence-corrected chi connectivity index (χ2v) is 8.76. The molecule has 2 aliphatic rings. The maximum absolute atomic E-state index is 12.9. The Balaban J connectivity index is 2.55. The first-order valence-electron chi connectivity index (χ1n) is 4.03. The number of nitrogens with one attached hydrogen (secondary N) is 2. The topological polar surface area (TPSA) is 61.1 Å².